The second-order valence-electron chi connectivity index (χ2n) is 16.1. The molecule has 6 rings (SSSR count). The molecule has 0 atom stereocenters. The summed E-state index contributed by atoms with van der Waals surface area (Å²) in [6, 6.07) is 19.9. The second-order valence-corrected chi connectivity index (χ2v) is 16.1. The Bertz CT molecular complexity index is 1920. The Labute approximate surface area is 346 Å². The van der Waals surface area contributed by atoms with E-state index in [0.717, 1.165) is 43.4 Å². The average Bonchev–Trinajstić information content (AvgIpc) is 3.11. The molecule has 0 amide bonds. The van der Waals surface area contributed by atoms with Gasteiger partial charge in [0.05, 0.1) is 17.7 Å². The van der Waals surface area contributed by atoms with Gasteiger partial charge in [0.25, 0.3) is 11.1 Å². The number of nitrogens with two attached hydrogens (primary N) is 1. The van der Waals surface area contributed by atoms with Gasteiger partial charge in [0.2, 0.25) is 0 Å². The van der Waals surface area contributed by atoms with E-state index in [0.29, 0.717) is 45.9 Å². The number of aromatic amines is 2. The van der Waals surface area contributed by atoms with E-state index in [1.807, 2.05) is 42.0 Å². The molecule has 7 N–H and O–H groups in total. The predicted molar refractivity (Wildman–Crippen MR) is 213 cm³/mol. The third-order valence-electron chi connectivity index (χ3n) is 10.9. The molecule has 4 aromatic rings. The fourth-order valence-electron chi connectivity index (χ4n) is 7.60. The van der Waals surface area contributed by atoms with Crippen LogP contribution in [0.1, 0.15) is 108 Å². The van der Waals surface area contributed by atoms with Crippen molar-refractivity contribution in [1.82, 2.24) is 9.97 Å². The van der Waals surface area contributed by atoms with E-state index in [4.69, 9.17) is 9.94 Å². The maximum atomic E-state index is 12.8. The van der Waals surface area contributed by atoms with Gasteiger partial charge in [-0.1, -0.05) is 88.4 Å². The van der Waals surface area contributed by atoms with Crippen LogP contribution in [0.15, 0.2) is 76.3 Å². The molecule has 2 saturated carbocycles. The van der Waals surface area contributed by atoms with Gasteiger partial charge in [0.15, 0.2) is 0 Å². The smallest absolute Gasteiger partial charge is 0.507 e. The molecule has 2 fully saturated rings. The van der Waals surface area contributed by atoms with Crippen molar-refractivity contribution in [1.29, 1.82) is 0 Å². The first kappa shape index (κ1) is 45.7. The summed E-state index contributed by atoms with van der Waals surface area (Å²) in [5, 5.41) is 28.2. The molecule has 0 aliphatic heterocycles. The van der Waals surface area contributed by atoms with Crippen molar-refractivity contribution in [2.75, 3.05) is 6.61 Å². The number of aromatic hydroxyl groups is 2. The van der Waals surface area contributed by atoms with E-state index in [-0.39, 0.29) is 69.9 Å². The molecule has 0 saturated heterocycles. The minimum Gasteiger partial charge on any atom is -0.507 e. The number of benzene rings is 2. The molecule has 2 aliphatic rings. The normalized spacial score (nSPS) is 16.3. The van der Waals surface area contributed by atoms with Crippen molar-refractivity contribution in [3.05, 3.63) is 110 Å². The number of esters is 1. The topological polar surface area (TPSA) is 193 Å². The van der Waals surface area contributed by atoms with Crippen molar-refractivity contribution in [3.63, 3.8) is 0 Å². The van der Waals surface area contributed by atoms with E-state index in [1.54, 1.807) is 37.3 Å². The molecule has 2 aromatic heterocycles. The Kier molecular flexibility index (Phi) is 17.4. The summed E-state index contributed by atoms with van der Waals surface area (Å²) in [5.74, 6) is 4.18. The van der Waals surface area contributed by atoms with Gasteiger partial charge in [-0.15, -0.1) is 0 Å². The van der Waals surface area contributed by atoms with Gasteiger partial charge in [0.1, 0.15) is 17.1 Å². The van der Waals surface area contributed by atoms with E-state index in [1.165, 1.54) is 25.7 Å². The van der Waals surface area contributed by atoms with Crippen LogP contribution in [0.4, 0.5) is 0 Å². The monoisotopic (exact) mass is 764 g/mol. The van der Waals surface area contributed by atoms with E-state index < -0.39 is 5.97 Å². The van der Waals surface area contributed by atoms with E-state index in [2.05, 4.69) is 43.5 Å². The van der Waals surface area contributed by atoms with Crippen LogP contribution in [0.2, 0.25) is 0 Å². The van der Waals surface area contributed by atoms with Crippen LogP contribution in [0.25, 0.3) is 27.8 Å². The summed E-state index contributed by atoms with van der Waals surface area (Å²) < 4.78 is 5.18. The molecule has 292 valence electrons. The number of nitrogens with one attached hydrogen (secondary N) is 2. The third kappa shape index (κ3) is 12.9. The number of carbonyl (C=O) groups excluding carboxylic acids is 1. The Hall–Kier alpha value is -3.71. The average molecular weight is 765 g/mol. The Balaban J connectivity index is 0.000000275. The molecule has 11 nitrogen and oxygen atoms in total. The number of carbonyl (C=O) groups is 1. The van der Waals surface area contributed by atoms with Crippen LogP contribution in [0, 0.1) is 22.7 Å². The maximum Gasteiger partial charge on any atom is 1.00 e. The summed E-state index contributed by atoms with van der Waals surface area (Å²) in [4.78, 5) is 43.6. The molecule has 55 heavy (non-hydrogen) atoms. The summed E-state index contributed by atoms with van der Waals surface area (Å²) in [5.41, 5.74) is 5.39. The minimum absolute atomic E-state index is 0. The number of H-pyrrole nitrogens is 2. The molecular weight excluding hydrogens is 707 g/mol. The van der Waals surface area contributed by atoms with Gasteiger partial charge in [0, 0.05) is 17.5 Å². The van der Waals surface area contributed by atoms with Gasteiger partial charge in [-0.25, -0.2) is 4.79 Å². The summed E-state index contributed by atoms with van der Waals surface area (Å²) >= 11 is 0. The maximum absolute atomic E-state index is 12.8. The zero-order chi connectivity index (χ0) is 39.5. The number of ether oxygens (including phenoxy) is 1. The molecule has 2 heterocycles. The molecule has 12 heteroatoms. The molecule has 0 unspecified atom stereocenters. The van der Waals surface area contributed by atoms with Crippen molar-refractivity contribution in [2.45, 2.75) is 98.8 Å². The van der Waals surface area contributed by atoms with E-state index >= 15 is 0 Å². The molecule has 0 bridgehead atoms. The predicted octanol–water partition coefficient (Wildman–Crippen LogP) is 5.82. The van der Waals surface area contributed by atoms with Crippen LogP contribution >= 0.6 is 0 Å². The number of rotatable bonds is 8. The number of hydrogen-bond acceptors (Lipinski definition) is 8. The van der Waals surface area contributed by atoms with Gasteiger partial charge < -0.3 is 41.6 Å². The number of hydrogen-bond donors (Lipinski definition) is 6. The molecule has 0 radical (unpaired) electrons. The third-order valence-corrected chi connectivity index (χ3v) is 10.9. The van der Waals surface area contributed by atoms with Crippen LogP contribution in [0.3, 0.4) is 0 Å². The first-order valence-corrected chi connectivity index (χ1v) is 18.9. The Morgan fingerprint density at radius 3 is 1.67 bits per heavy atom. The van der Waals surface area contributed by atoms with E-state index in [9.17, 15) is 24.6 Å². The first-order chi connectivity index (χ1) is 25.7. The van der Waals surface area contributed by atoms with Crippen molar-refractivity contribution >= 4 is 5.97 Å². The zero-order valence-electron chi connectivity index (χ0n) is 33.3. The van der Waals surface area contributed by atoms with Crippen molar-refractivity contribution in [2.24, 2.45) is 28.5 Å². The van der Waals surface area contributed by atoms with Crippen LogP contribution in [-0.4, -0.2) is 38.0 Å². The fraction of sp³-hybridized carbons (Fsp3) is 0.465. The Morgan fingerprint density at radius 1 is 0.782 bits per heavy atom. The number of pyridine rings is 2. The molecular formula is C43H57N4NaO7. The second kappa shape index (κ2) is 21.0. The van der Waals surface area contributed by atoms with Crippen molar-refractivity contribution < 1.29 is 54.5 Å². The fourth-order valence-corrected chi connectivity index (χ4v) is 7.60. The minimum atomic E-state index is -0.598. The standard InChI is InChI=1S/C23H29NO4.C20H25NO2.H3N2O.Na/c1-4-28-22(27)19-17(14-15-10-12-23(2,3)13-11-15)24-21(26)18(20(19)25)16-8-6-5-7-9-16;1-20(2)10-8-14(9-11-20)12-16-13-17(22)18(19(23)21-16)15-6-4-3-5-7-15;1-2-3;/h5-9,15H,4,10-14H2,1-3H3,(H2,24,25,26);3-7,13-14H,8-12H2,1-2H3,(H2,21,22,23);3H,1H2;/q;;-1;+1. The summed E-state index contributed by atoms with van der Waals surface area (Å²) in [6.45, 7) is 11.1. The van der Waals surface area contributed by atoms with Gasteiger partial charge in [-0.3, -0.25) is 9.59 Å². The number of nitrogens with zero attached hydrogens (tertiary/aromatic N) is 1. The molecule has 0 spiro atoms. The van der Waals surface area contributed by atoms with Gasteiger partial charge >= 0.3 is 35.5 Å². The Morgan fingerprint density at radius 2 is 1.22 bits per heavy atom. The summed E-state index contributed by atoms with van der Waals surface area (Å²) in [7, 11) is 0. The van der Waals surface area contributed by atoms with Crippen LogP contribution < -0.4 is 46.5 Å². The SMILES string of the molecule is CC1(C)CCC(Cc2cc(O)c(-c3ccccc3)c(=O)[nH]2)CC1.CCOC(=O)c1c(CC2CCC(C)(C)CC2)[nH]c(=O)c(-c2ccccc2)c1O.N[N-]O.[Na+]. The zero-order valence-corrected chi connectivity index (χ0v) is 35.3. The van der Waals surface area contributed by atoms with Crippen molar-refractivity contribution in [3.8, 4) is 33.8 Å². The summed E-state index contributed by atoms with van der Waals surface area (Å²) in [6.07, 6.45) is 10.6. The van der Waals surface area contributed by atoms with Gasteiger partial charge in [-0.05, 0) is 105 Å². The largest absolute Gasteiger partial charge is 1.00 e. The van der Waals surface area contributed by atoms with Crippen LogP contribution in [-0.2, 0) is 17.6 Å². The van der Waals surface area contributed by atoms with Crippen LogP contribution in [0.5, 0.6) is 11.5 Å². The molecule has 2 aromatic carbocycles. The number of aromatic nitrogens is 2. The first-order valence-electron chi connectivity index (χ1n) is 18.9. The molecule has 2 aliphatic carbocycles. The van der Waals surface area contributed by atoms with Gasteiger partial charge in [-0.2, -0.15) is 0 Å². The quantitative estimate of drug-likeness (QED) is 0.0560.